The van der Waals surface area contributed by atoms with E-state index in [1.165, 1.54) is 13.0 Å². The summed E-state index contributed by atoms with van der Waals surface area (Å²) in [4.78, 5) is 13.8. The largest absolute Gasteiger partial charge is 0.264 e. The number of hydrogen-bond donors (Lipinski definition) is 0. The van der Waals surface area contributed by atoms with Gasteiger partial charge < -0.3 is 0 Å². The average molecular weight is 178 g/mol. The van der Waals surface area contributed by atoms with Crippen molar-refractivity contribution in [1.82, 2.24) is 4.98 Å². The van der Waals surface area contributed by atoms with E-state index in [4.69, 9.17) is 0 Å². The number of nitrogens with zero attached hydrogens (tertiary/aromatic N) is 2. The van der Waals surface area contributed by atoms with Gasteiger partial charge in [0.25, 0.3) is 0 Å². The maximum Gasteiger partial charge on any atom is 0.243 e. The smallest absolute Gasteiger partial charge is 0.243 e. The van der Waals surface area contributed by atoms with Gasteiger partial charge in [-0.1, -0.05) is 0 Å². The van der Waals surface area contributed by atoms with Crippen LogP contribution in [0.3, 0.4) is 0 Å². The van der Waals surface area contributed by atoms with Crippen LogP contribution in [0.5, 0.6) is 0 Å². The second-order valence-electron chi connectivity index (χ2n) is 2.78. The minimum atomic E-state index is -0.410. The second kappa shape index (κ2) is 3.80. The fraction of sp³-hybridized carbons (Fsp3) is 0.222. The highest BCUT2D eigenvalue weighted by molar-refractivity contribution is 5.53. The van der Waals surface area contributed by atoms with Gasteiger partial charge in [0.1, 0.15) is 0 Å². The molecule has 0 bridgehead atoms. The number of rotatable bonds is 2. The Labute approximate surface area is 76.1 Å². The summed E-state index contributed by atoms with van der Waals surface area (Å²) < 4.78 is 0. The molecule has 0 N–H and O–H groups in total. The second-order valence-corrected chi connectivity index (χ2v) is 2.78. The Bertz CT molecular complexity index is 358. The molecule has 0 aromatic carbocycles. The van der Waals surface area contributed by atoms with Crippen LogP contribution in [0.2, 0.25) is 0 Å². The van der Waals surface area contributed by atoms with Gasteiger partial charge in [-0.25, -0.2) is 0 Å². The molecular formula is C9H10N2O2. The van der Waals surface area contributed by atoms with Gasteiger partial charge in [0.2, 0.25) is 5.70 Å². The minimum absolute atomic E-state index is 0.121. The topological polar surface area (TPSA) is 56.0 Å². The Morgan fingerprint density at radius 3 is 2.92 bits per heavy atom. The highest BCUT2D eigenvalue weighted by Gasteiger charge is 2.03. The van der Waals surface area contributed by atoms with Crippen molar-refractivity contribution in [2.75, 3.05) is 0 Å². The Morgan fingerprint density at radius 2 is 2.38 bits per heavy atom. The monoisotopic (exact) mass is 178 g/mol. The highest BCUT2D eigenvalue weighted by Crippen LogP contribution is 2.10. The molecule has 0 saturated carbocycles. The van der Waals surface area contributed by atoms with E-state index in [1.807, 2.05) is 13.0 Å². The summed E-state index contributed by atoms with van der Waals surface area (Å²) in [5.74, 6) is 0. The summed E-state index contributed by atoms with van der Waals surface area (Å²) in [7, 11) is 0. The van der Waals surface area contributed by atoms with E-state index in [2.05, 4.69) is 4.98 Å². The Kier molecular flexibility index (Phi) is 2.74. The van der Waals surface area contributed by atoms with Crippen molar-refractivity contribution in [2.45, 2.75) is 13.8 Å². The van der Waals surface area contributed by atoms with Crippen LogP contribution in [0.4, 0.5) is 0 Å². The van der Waals surface area contributed by atoms with Crippen LogP contribution in [-0.2, 0) is 0 Å². The first-order valence-electron chi connectivity index (χ1n) is 3.84. The zero-order valence-electron chi connectivity index (χ0n) is 7.52. The lowest BCUT2D eigenvalue weighted by atomic mass is 10.1. The zero-order chi connectivity index (χ0) is 9.84. The molecule has 0 aliphatic heterocycles. The Hall–Kier alpha value is -1.71. The van der Waals surface area contributed by atoms with Gasteiger partial charge in [-0.3, -0.25) is 15.1 Å². The Balaban J connectivity index is 3.04. The maximum absolute atomic E-state index is 10.3. The molecule has 68 valence electrons. The fourth-order valence-electron chi connectivity index (χ4n) is 0.905. The Morgan fingerprint density at radius 1 is 1.69 bits per heavy atom. The first-order valence-corrected chi connectivity index (χ1v) is 3.84. The number of allylic oxidation sites excluding steroid dienone is 1. The van der Waals surface area contributed by atoms with Crippen molar-refractivity contribution in [2.24, 2.45) is 0 Å². The molecule has 1 rings (SSSR count). The summed E-state index contributed by atoms with van der Waals surface area (Å²) in [6, 6.07) is 1.82. The van der Waals surface area contributed by atoms with E-state index in [0.717, 1.165) is 11.1 Å². The quantitative estimate of drug-likeness (QED) is 0.514. The minimum Gasteiger partial charge on any atom is -0.264 e. The molecular weight excluding hydrogens is 168 g/mol. The molecule has 13 heavy (non-hydrogen) atoms. The molecule has 0 radical (unpaired) electrons. The number of hydrogen-bond acceptors (Lipinski definition) is 3. The molecule has 0 fully saturated rings. The fourth-order valence-corrected chi connectivity index (χ4v) is 0.905. The molecule has 1 aromatic rings. The molecule has 0 spiro atoms. The molecule has 0 unspecified atom stereocenters. The molecule has 1 aromatic heterocycles. The van der Waals surface area contributed by atoms with Gasteiger partial charge in [-0.2, -0.15) is 0 Å². The van der Waals surface area contributed by atoms with E-state index in [0.29, 0.717) is 0 Å². The summed E-state index contributed by atoms with van der Waals surface area (Å²) in [5.41, 5.74) is 1.89. The number of nitro groups is 1. The van der Waals surface area contributed by atoms with Gasteiger partial charge in [-0.05, 0) is 18.6 Å². The first kappa shape index (κ1) is 9.38. The third kappa shape index (κ3) is 2.37. The standard InChI is InChI=1S/C9H10N2O2/c1-7-3-4-10-6-9(7)5-8(2)11(12)13/h3-6H,1-2H3/b8-5-. The molecule has 0 atom stereocenters. The van der Waals surface area contributed by atoms with Crippen molar-refractivity contribution in [1.29, 1.82) is 0 Å². The van der Waals surface area contributed by atoms with E-state index in [9.17, 15) is 10.1 Å². The molecule has 1 heterocycles. The van der Waals surface area contributed by atoms with Gasteiger partial charge in [0.15, 0.2) is 0 Å². The molecule has 0 aliphatic rings. The van der Waals surface area contributed by atoms with Crippen LogP contribution in [0.15, 0.2) is 24.2 Å². The van der Waals surface area contributed by atoms with Crippen molar-refractivity contribution >= 4 is 6.08 Å². The third-order valence-electron chi connectivity index (χ3n) is 1.73. The summed E-state index contributed by atoms with van der Waals surface area (Å²) in [5, 5.41) is 10.3. The predicted molar refractivity (Wildman–Crippen MR) is 49.6 cm³/mol. The highest BCUT2D eigenvalue weighted by atomic mass is 16.6. The predicted octanol–water partition coefficient (Wildman–Crippen LogP) is 2.03. The van der Waals surface area contributed by atoms with E-state index < -0.39 is 4.92 Å². The van der Waals surface area contributed by atoms with Gasteiger partial charge in [0, 0.05) is 31.0 Å². The number of pyridine rings is 1. The lowest BCUT2D eigenvalue weighted by Gasteiger charge is -1.97. The SMILES string of the molecule is C/C(=C/c1cnccc1C)[N+](=O)[O-]. The van der Waals surface area contributed by atoms with Gasteiger partial charge >= 0.3 is 0 Å². The van der Waals surface area contributed by atoms with Gasteiger partial charge in [-0.15, -0.1) is 0 Å². The summed E-state index contributed by atoms with van der Waals surface area (Å²) >= 11 is 0. The first-order chi connectivity index (χ1) is 6.11. The van der Waals surface area contributed by atoms with Crippen LogP contribution in [0, 0.1) is 17.0 Å². The van der Waals surface area contributed by atoms with Crippen molar-refractivity contribution in [3.05, 3.63) is 45.4 Å². The summed E-state index contributed by atoms with van der Waals surface area (Å²) in [6.45, 7) is 3.35. The van der Waals surface area contributed by atoms with Gasteiger partial charge in [0.05, 0.1) is 4.92 Å². The lowest BCUT2D eigenvalue weighted by molar-refractivity contribution is -0.422. The molecule has 4 heteroatoms. The zero-order valence-corrected chi connectivity index (χ0v) is 7.52. The normalized spacial score (nSPS) is 11.4. The maximum atomic E-state index is 10.3. The van der Waals surface area contributed by atoms with Crippen LogP contribution < -0.4 is 0 Å². The van der Waals surface area contributed by atoms with E-state index >= 15 is 0 Å². The van der Waals surface area contributed by atoms with Crippen LogP contribution in [-0.4, -0.2) is 9.91 Å². The van der Waals surface area contributed by atoms with Crippen LogP contribution >= 0.6 is 0 Å². The van der Waals surface area contributed by atoms with Crippen LogP contribution in [0.1, 0.15) is 18.1 Å². The summed E-state index contributed by atoms with van der Waals surface area (Å²) in [6.07, 6.45) is 4.79. The average Bonchev–Trinajstić information content (AvgIpc) is 2.08. The molecule has 0 aliphatic carbocycles. The van der Waals surface area contributed by atoms with Crippen molar-refractivity contribution < 1.29 is 4.92 Å². The van der Waals surface area contributed by atoms with Crippen LogP contribution in [0.25, 0.3) is 6.08 Å². The van der Waals surface area contributed by atoms with Crippen molar-refractivity contribution in [3.63, 3.8) is 0 Å². The third-order valence-corrected chi connectivity index (χ3v) is 1.73. The van der Waals surface area contributed by atoms with Crippen molar-refractivity contribution in [3.8, 4) is 0 Å². The van der Waals surface area contributed by atoms with E-state index in [1.54, 1.807) is 12.4 Å². The number of aryl methyl sites for hydroxylation is 1. The molecule has 0 amide bonds. The van der Waals surface area contributed by atoms with E-state index in [-0.39, 0.29) is 5.70 Å². The lowest BCUT2D eigenvalue weighted by Crippen LogP contribution is -1.94. The molecule has 4 nitrogen and oxygen atoms in total. The molecule has 0 saturated heterocycles. The number of aromatic nitrogens is 1.